The quantitative estimate of drug-likeness (QED) is 0.218. The number of nitrogens with one attached hydrogen (secondary N) is 1. The summed E-state index contributed by atoms with van der Waals surface area (Å²) in [5.74, 6) is 1.81. The van der Waals surface area contributed by atoms with Gasteiger partial charge in [-0.3, -0.25) is 4.72 Å². The normalized spacial score (nSPS) is 12.5. The minimum Gasteiger partial charge on any atom is -0.325 e. The van der Waals surface area contributed by atoms with Crippen molar-refractivity contribution in [2.24, 2.45) is 5.41 Å². The summed E-state index contributed by atoms with van der Waals surface area (Å²) >= 11 is 4.84. The van der Waals surface area contributed by atoms with Gasteiger partial charge in [-0.05, 0) is 31.5 Å². The zero-order valence-corrected chi connectivity index (χ0v) is 20.1. The third-order valence-electron chi connectivity index (χ3n) is 3.80. The Kier molecular flexibility index (Phi) is 11.6. The van der Waals surface area contributed by atoms with E-state index in [0.29, 0.717) is 5.41 Å². The summed E-state index contributed by atoms with van der Waals surface area (Å²) in [6.07, 6.45) is 2.42. The Bertz CT molecular complexity index is 453. The van der Waals surface area contributed by atoms with Crippen molar-refractivity contribution >= 4 is 27.9 Å². The van der Waals surface area contributed by atoms with Gasteiger partial charge in [-0.2, -0.15) is 0 Å². The Hall–Kier alpha value is -0.0300. The minimum atomic E-state index is 0.284. The van der Waals surface area contributed by atoms with Gasteiger partial charge in [-0.1, -0.05) is 79.0 Å². The fourth-order valence-electron chi connectivity index (χ4n) is 3.30. The second kappa shape index (κ2) is 11.6. The van der Waals surface area contributed by atoms with Gasteiger partial charge in [0.05, 0.1) is 20.6 Å². The van der Waals surface area contributed by atoms with Crippen LogP contribution in [0.4, 0.5) is 0 Å². The first-order valence-electron chi connectivity index (χ1n) is 9.14. The monoisotopic (exact) mass is 431 g/mol. The van der Waals surface area contributed by atoms with E-state index < -0.39 is 0 Å². The molecular formula is C21H40BrN2S+. The maximum atomic E-state index is 3.59. The molecule has 1 rings (SSSR count). The molecule has 1 aromatic carbocycles. The van der Waals surface area contributed by atoms with Gasteiger partial charge in [-0.25, -0.2) is 0 Å². The zero-order chi connectivity index (χ0) is 19.6. The lowest BCUT2D eigenvalue weighted by atomic mass is 9.86. The van der Waals surface area contributed by atoms with Gasteiger partial charge in [0.1, 0.15) is 6.54 Å². The molecule has 146 valence electrons. The van der Waals surface area contributed by atoms with Gasteiger partial charge in [-0.15, -0.1) is 0 Å². The number of hydrogen-bond donors (Lipinski definition) is 1. The molecule has 0 heterocycles. The highest BCUT2D eigenvalue weighted by atomic mass is 79.9. The van der Waals surface area contributed by atoms with Crippen LogP contribution in [0, 0.1) is 5.41 Å². The summed E-state index contributed by atoms with van der Waals surface area (Å²) in [6, 6.07) is 10.8. The van der Waals surface area contributed by atoms with E-state index in [1.807, 2.05) is 17.8 Å². The summed E-state index contributed by atoms with van der Waals surface area (Å²) in [6.45, 7) is 15.0. The summed E-state index contributed by atoms with van der Waals surface area (Å²) in [4.78, 5) is 0. The molecule has 4 heteroatoms. The summed E-state index contributed by atoms with van der Waals surface area (Å²) < 4.78 is 4.92. The number of hydrogen-bond acceptors (Lipinski definition) is 2. The SMILES string of the molecule is CBr.CC(C)(C)CC(C)(C)SNCCC[N+](C)(C)Cc1ccccc1. The van der Waals surface area contributed by atoms with Crippen LogP contribution in [0.3, 0.4) is 0 Å². The van der Waals surface area contributed by atoms with Crippen molar-refractivity contribution in [3.63, 3.8) is 0 Å². The molecule has 0 spiro atoms. The van der Waals surface area contributed by atoms with E-state index in [1.165, 1.54) is 24.9 Å². The van der Waals surface area contributed by atoms with E-state index in [4.69, 9.17) is 0 Å². The van der Waals surface area contributed by atoms with Crippen molar-refractivity contribution in [2.45, 2.75) is 58.8 Å². The fraction of sp³-hybridized carbons (Fsp3) is 0.714. The first-order chi connectivity index (χ1) is 11.5. The maximum Gasteiger partial charge on any atom is 0.104 e. The van der Waals surface area contributed by atoms with Crippen molar-refractivity contribution in [1.29, 1.82) is 0 Å². The molecule has 0 fully saturated rings. The lowest BCUT2D eigenvalue weighted by Crippen LogP contribution is -2.40. The summed E-state index contributed by atoms with van der Waals surface area (Å²) in [7, 11) is 4.65. The van der Waals surface area contributed by atoms with Gasteiger partial charge >= 0.3 is 0 Å². The maximum absolute atomic E-state index is 3.59. The Balaban J connectivity index is 0.00000277. The van der Waals surface area contributed by atoms with Crippen molar-refractivity contribution in [3.8, 4) is 0 Å². The molecule has 1 N–H and O–H groups in total. The van der Waals surface area contributed by atoms with Gasteiger partial charge < -0.3 is 4.48 Å². The van der Waals surface area contributed by atoms with Crippen LogP contribution in [0.15, 0.2) is 30.3 Å². The Morgan fingerprint density at radius 2 is 1.56 bits per heavy atom. The molecule has 0 bridgehead atoms. The van der Waals surface area contributed by atoms with Crippen molar-refractivity contribution in [3.05, 3.63) is 35.9 Å². The second-order valence-corrected chi connectivity index (χ2v) is 10.7. The lowest BCUT2D eigenvalue weighted by Gasteiger charge is -2.32. The lowest BCUT2D eigenvalue weighted by molar-refractivity contribution is -0.903. The summed E-state index contributed by atoms with van der Waals surface area (Å²) in [5.41, 5.74) is 1.80. The minimum absolute atomic E-state index is 0.284. The Labute approximate surface area is 170 Å². The average Bonchev–Trinajstić information content (AvgIpc) is 2.46. The molecule has 0 saturated carbocycles. The molecule has 0 amide bonds. The van der Waals surface area contributed by atoms with E-state index in [2.05, 4.69) is 99.7 Å². The van der Waals surface area contributed by atoms with Gasteiger partial charge in [0.2, 0.25) is 0 Å². The molecule has 0 radical (unpaired) electrons. The van der Waals surface area contributed by atoms with Crippen LogP contribution in [0.2, 0.25) is 0 Å². The number of nitrogens with zero attached hydrogens (tertiary/aromatic N) is 1. The third-order valence-corrected chi connectivity index (χ3v) is 4.85. The first-order valence-corrected chi connectivity index (χ1v) is 11.5. The number of alkyl halides is 1. The number of quaternary nitrogens is 1. The van der Waals surface area contributed by atoms with E-state index in [-0.39, 0.29) is 4.75 Å². The predicted octanol–water partition coefficient (Wildman–Crippen LogP) is 6.12. The van der Waals surface area contributed by atoms with E-state index in [0.717, 1.165) is 17.6 Å². The molecule has 0 aliphatic rings. The first kappa shape index (κ1) is 25.0. The fourth-order valence-corrected chi connectivity index (χ4v) is 4.44. The molecule has 2 nitrogen and oxygen atoms in total. The molecule has 0 unspecified atom stereocenters. The number of halogens is 1. The van der Waals surface area contributed by atoms with E-state index in [1.54, 1.807) is 0 Å². The number of rotatable bonds is 9. The van der Waals surface area contributed by atoms with Gasteiger partial charge in [0, 0.05) is 23.3 Å². The van der Waals surface area contributed by atoms with Crippen LogP contribution in [0.1, 0.15) is 53.0 Å². The molecule has 25 heavy (non-hydrogen) atoms. The van der Waals surface area contributed by atoms with Gasteiger partial charge in [0.25, 0.3) is 0 Å². The van der Waals surface area contributed by atoms with E-state index in [9.17, 15) is 0 Å². The van der Waals surface area contributed by atoms with Crippen molar-refractivity contribution < 1.29 is 4.48 Å². The highest BCUT2D eigenvalue weighted by Gasteiger charge is 2.26. The number of benzene rings is 1. The van der Waals surface area contributed by atoms with Crippen LogP contribution in [-0.2, 0) is 6.54 Å². The topological polar surface area (TPSA) is 12.0 Å². The molecular weight excluding hydrogens is 392 g/mol. The van der Waals surface area contributed by atoms with E-state index >= 15 is 0 Å². The van der Waals surface area contributed by atoms with Crippen LogP contribution in [0.5, 0.6) is 0 Å². The van der Waals surface area contributed by atoms with Crippen LogP contribution in [-0.4, -0.2) is 42.2 Å². The van der Waals surface area contributed by atoms with Crippen LogP contribution < -0.4 is 4.72 Å². The summed E-state index contributed by atoms with van der Waals surface area (Å²) in [5, 5.41) is 0. The Morgan fingerprint density at radius 1 is 1.00 bits per heavy atom. The van der Waals surface area contributed by atoms with Crippen LogP contribution in [0.25, 0.3) is 0 Å². The molecule has 0 atom stereocenters. The van der Waals surface area contributed by atoms with Gasteiger partial charge in [0.15, 0.2) is 0 Å². The smallest absolute Gasteiger partial charge is 0.104 e. The molecule has 1 aromatic rings. The molecule has 0 saturated heterocycles. The van der Waals surface area contributed by atoms with Crippen LogP contribution >= 0.6 is 27.9 Å². The largest absolute Gasteiger partial charge is 0.325 e. The average molecular weight is 433 g/mol. The zero-order valence-electron chi connectivity index (χ0n) is 17.7. The van der Waals surface area contributed by atoms with Crippen molar-refractivity contribution in [2.75, 3.05) is 33.0 Å². The highest BCUT2D eigenvalue weighted by molar-refractivity contribution is 9.08. The molecule has 0 aliphatic carbocycles. The molecule has 0 aromatic heterocycles. The standard InChI is InChI=1S/C20H37N2S.CH3Br/c1-19(2,3)17-20(4,5)23-21-14-11-15-22(6,7)16-18-12-9-8-10-13-18;1-2/h8-10,12-13,21H,11,14-17H2,1-7H3;1H3/q+1;. The van der Waals surface area contributed by atoms with Crippen molar-refractivity contribution in [1.82, 2.24) is 4.72 Å². The third kappa shape index (κ3) is 13.8. The highest BCUT2D eigenvalue weighted by Crippen LogP contribution is 2.35. The predicted molar refractivity (Wildman–Crippen MR) is 120 cm³/mol. The molecule has 0 aliphatic heterocycles. The Morgan fingerprint density at radius 3 is 2.08 bits per heavy atom. The second-order valence-electron chi connectivity index (χ2n) is 9.15.